The number of carbonyl (C=O) groups is 2. The molecule has 20 heavy (non-hydrogen) atoms. The van der Waals surface area contributed by atoms with Crippen LogP contribution in [0.15, 0.2) is 18.2 Å². The Kier molecular flexibility index (Phi) is 6.31. The largest absolute Gasteiger partial charge is 0.495 e. The van der Waals surface area contributed by atoms with Gasteiger partial charge in [0.1, 0.15) is 5.75 Å². The Hall–Kier alpha value is -1.75. The lowest BCUT2D eigenvalue weighted by atomic mass is 10.0. The van der Waals surface area contributed by atoms with Crippen molar-refractivity contribution in [1.82, 2.24) is 5.32 Å². The van der Waals surface area contributed by atoms with E-state index in [0.717, 1.165) is 6.42 Å². The molecule has 1 atom stereocenters. The van der Waals surface area contributed by atoms with Gasteiger partial charge in [-0.1, -0.05) is 24.9 Å². The number of carbonyl (C=O) groups excluding carboxylic acids is 1. The lowest BCUT2D eigenvalue weighted by molar-refractivity contribution is -0.141. The van der Waals surface area contributed by atoms with E-state index in [1.807, 2.05) is 6.92 Å². The van der Waals surface area contributed by atoms with E-state index in [4.69, 9.17) is 21.4 Å². The molecule has 1 unspecified atom stereocenters. The first-order valence-corrected chi connectivity index (χ1v) is 6.72. The summed E-state index contributed by atoms with van der Waals surface area (Å²) in [4.78, 5) is 22.9. The van der Waals surface area contributed by atoms with Crippen LogP contribution in [-0.2, 0) is 4.79 Å². The molecular formula is C14H18ClNO4. The fourth-order valence-corrected chi connectivity index (χ4v) is 1.97. The van der Waals surface area contributed by atoms with Gasteiger partial charge in [-0.2, -0.15) is 0 Å². The number of benzene rings is 1. The molecule has 1 aromatic carbocycles. The van der Waals surface area contributed by atoms with Crippen LogP contribution in [0.2, 0.25) is 5.02 Å². The van der Waals surface area contributed by atoms with Crippen LogP contribution in [-0.4, -0.2) is 30.6 Å². The second-order valence-corrected chi connectivity index (χ2v) is 4.79. The van der Waals surface area contributed by atoms with Crippen molar-refractivity contribution in [2.75, 3.05) is 13.7 Å². The monoisotopic (exact) mass is 299 g/mol. The zero-order valence-electron chi connectivity index (χ0n) is 11.5. The fraction of sp³-hybridized carbons (Fsp3) is 0.429. The Balaban J connectivity index is 2.69. The second kappa shape index (κ2) is 7.75. The summed E-state index contributed by atoms with van der Waals surface area (Å²) in [6.07, 6.45) is 1.28. The zero-order valence-corrected chi connectivity index (χ0v) is 12.2. The first kappa shape index (κ1) is 16.3. The summed E-state index contributed by atoms with van der Waals surface area (Å²) in [6, 6.07) is 4.65. The summed E-state index contributed by atoms with van der Waals surface area (Å²) in [5.74, 6) is -1.41. The molecule has 1 rings (SSSR count). The van der Waals surface area contributed by atoms with E-state index < -0.39 is 11.9 Å². The molecule has 0 aliphatic rings. The molecule has 2 N–H and O–H groups in total. The van der Waals surface area contributed by atoms with Gasteiger partial charge in [-0.15, -0.1) is 0 Å². The number of hydrogen-bond acceptors (Lipinski definition) is 3. The predicted molar refractivity (Wildman–Crippen MR) is 76.4 cm³/mol. The van der Waals surface area contributed by atoms with Crippen LogP contribution >= 0.6 is 11.6 Å². The Morgan fingerprint density at radius 3 is 2.70 bits per heavy atom. The Morgan fingerprint density at radius 2 is 2.15 bits per heavy atom. The lowest BCUT2D eigenvalue weighted by Gasteiger charge is -2.13. The second-order valence-electron chi connectivity index (χ2n) is 4.38. The molecule has 0 bridgehead atoms. The van der Waals surface area contributed by atoms with Gasteiger partial charge in [0.15, 0.2) is 0 Å². The number of rotatable bonds is 7. The fourth-order valence-electron chi connectivity index (χ4n) is 1.78. The van der Waals surface area contributed by atoms with Crippen LogP contribution in [0.3, 0.4) is 0 Å². The van der Waals surface area contributed by atoms with Gasteiger partial charge in [0.05, 0.1) is 18.1 Å². The molecule has 0 aliphatic carbocycles. The number of carboxylic acids is 1. The number of carboxylic acid groups (broad SMARTS) is 1. The molecule has 0 saturated heterocycles. The van der Waals surface area contributed by atoms with E-state index in [1.165, 1.54) is 13.2 Å². The van der Waals surface area contributed by atoms with Crippen molar-refractivity contribution in [3.63, 3.8) is 0 Å². The van der Waals surface area contributed by atoms with Gasteiger partial charge < -0.3 is 15.2 Å². The number of hydrogen-bond donors (Lipinski definition) is 2. The lowest BCUT2D eigenvalue weighted by Crippen LogP contribution is -2.32. The number of aliphatic carboxylic acids is 1. The van der Waals surface area contributed by atoms with Gasteiger partial charge in [0.2, 0.25) is 0 Å². The molecule has 110 valence electrons. The normalized spacial score (nSPS) is 11.8. The van der Waals surface area contributed by atoms with Crippen molar-refractivity contribution >= 4 is 23.5 Å². The Labute approximate surface area is 122 Å². The van der Waals surface area contributed by atoms with E-state index in [2.05, 4.69) is 5.32 Å². The molecule has 0 aliphatic heterocycles. The molecule has 1 aromatic rings. The number of amides is 1. The van der Waals surface area contributed by atoms with E-state index in [0.29, 0.717) is 22.8 Å². The number of halogens is 1. The molecule has 0 aromatic heterocycles. The highest BCUT2D eigenvalue weighted by Gasteiger charge is 2.18. The van der Waals surface area contributed by atoms with Crippen LogP contribution in [0.25, 0.3) is 0 Å². The quantitative estimate of drug-likeness (QED) is 0.811. The van der Waals surface area contributed by atoms with Crippen molar-refractivity contribution < 1.29 is 19.4 Å². The maximum absolute atomic E-state index is 12.0. The van der Waals surface area contributed by atoms with Crippen LogP contribution < -0.4 is 10.1 Å². The summed E-state index contributed by atoms with van der Waals surface area (Å²) in [5, 5.41) is 12.1. The molecule has 5 nitrogen and oxygen atoms in total. The summed E-state index contributed by atoms with van der Waals surface area (Å²) >= 11 is 5.88. The van der Waals surface area contributed by atoms with Crippen molar-refractivity contribution in [2.24, 2.45) is 5.92 Å². The average Bonchev–Trinajstić information content (AvgIpc) is 2.43. The first-order valence-electron chi connectivity index (χ1n) is 6.34. The van der Waals surface area contributed by atoms with Crippen molar-refractivity contribution in [3.05, 3.63) is 28.8 Å². The first-order chi connectivity index (χ1) is 9.49. The highest BCUT2D eigenvalue weighted by Crippen LogP contribution is 2.24. The molecule has 0 spiro atoms. The standard InChI is InChI=1S/C14H18ClNO4/c1-3-4-10(14(18)19)8-16-13(17)9-5-6-11(15)12(7-9)20-2/h5-7,10H,3-4,8H2,1-2H3,(H,16,17)(H,18,19). The van der Waals surface area contributed by atoms with Gasteiger partial charge in [0, 0.05) is 12.1 Å². The minimum Gasteiger partial charge on any atom is -0.495 e. The number of nitrogens with one attached hydrogen (secondary N) is 1. The van der Waals surface area contributed by atoms with Gasteiger partial charge in [-0.25, -0.2) is 0 Å². The molecule has 0 heterocycles. The Bertz CT molecular complexity index is 490. The number of methoxy groups -OCH3 is 1. The third kappa shape index (κ3) is 4.42. The topological polar surface area (TPSA) is 75.6 Å². The summed E-state index contributed by atoms with van der Waals surface area (Å²) in [7, 11) is 1.46. The van der Waals surface area contributed by atoms with Crippen molar-refractivity contribution in [1.29, 1.82) is 0 Å². The van der Waals surface area contributed by atoms with Gasteiger partial charge in [-0.05, 0) is 24.6 Å². The van der Waals surface area contributed by atoms with Gasteiger partial charge >= 0.3 is 5.97 Å². The SMILES string of the molecule is CCCC(CNC(=O)c1ccc(Cl)c(OC)c1)C(=O)O. The van der Waals surface area contributed by atoms with Crippen molar-refractivity contribution in [3.8, 4) is 5.75 Å². The van der Waals surface area contributed by atoms with E-state index in [1.54, 1.807) is 12.1 Å². The van der Waals surface area contributed by atoms with E-state index in [-0.39, 0.29) is 12.5 Å². The molecule has 0 saturated carbocycles. The third-order valence-corrected chi connectivity index (χ3v) is 3.22. The maximum atomic E-state index is 12.0. The maximum Gasteiger partial charge on any atom is 0.308 e. The van der Waals surface area contributed by atoms with Crippen LogP contribution in [0, 0.1) is 5.92 Å². The molecular weight excluding hydrogens is 282 g/mol. The highest BCUT2D eigenvalue weighted by molar-refractivity contribution is 6.32. The smallest absolute Gasteiger partial charge is 0.308 e. The van der Waals surface area contributed by atoms with Gasteiger partial charge in [-0.3, -0.25) is 9.59 Å². The summed E-state index contributed by atoms with van der Waals surface area (Å²) in [5.41, 5.74) is 0.381. The molecule has 0 fully saturated rings. The van der Waals surface area contributed by atoms with E-state index >= 15 is 0 Å². The van der Waals surface area contributed by atoms with Crippen LogP contribution in [0.4, 0.5) is 0 Å². The average molecular weight is 300 g/mol. The summed E-state index contributed by atoms with van der Waals surface area (Å²) in [6.45, 7) is 2.01. The van der Waals surface area contributed by atoms with Crippen LogP contribution in [0.5, 0.6) is 5.75 Å². The van der Waals surface area contributed by atoms with Crippen LogP contribution in [0.1, 0.15) is 30.1 Å². The Morgan fingerprint density at radius 1 is 1.45 bits per heavy atom. The van der Waals surface area contributed by atoms with E-state index in [9.17, 15) is 9.59 Å². The zero-order chi connectivity index (χ0) is 15.1. The van der Waals surface area contributed by atoms with Gasteiger partial charge in [0.25, 0.3) is 5.91 Å². The minimum atomic E-state index is -0.902. The molecule has 6 heteroatoms. The third-order valence-electron chi connectivity index (χ3n) is 2.91. The highest BCUT2D eigenvalue weighted by atomic mass is 35.5. The molecule has 1 amide bonds. The minimum absolute atomic E-state index is 0.104. The predicted octanol–water partition coefficient (Wildman–Crippen LogP) is 2.58. The van der Waals surface area contributed by atoms with Crippen molar-refractivity contribution in [2.45, 2.75) is 19.8 Å². The number of ether oxygens (including phenoxy) is 1. The summed E-state index contributed by atoms with van der Waals surface area (Å²) < 4.78 is 5.03. The molecule has 0 radical (unpaired) electrons.